The van der Waals surface area contributed by atoms with Crippen molar-refractivity contribution in [2.45, 2.75) is 32.2 Å². The van der Waals surface area contributed by atoms with Gasteiger partial charge in [0.2, 0.25) is 0 Å². The van der Waals surface area contributed by atoms with E-state index < -0.39 is 12.1 Å². The van der Waals surface area contributed by atoms with Crippen LogP contribution in [0.15, 0.2) is 18.2 Å². The van der Waals surface area contributed by atoms with Crippen LogP contribution in [0.3, 0.4) is 0 Å². The fraction of sp³-hybridized carbons (Fsp3) is 0.611. The lowest BCUT2D eigenvalue weighted by molar-refractivity contribution is -0.0787. The van der Waals surface area contributed by atoms with Crippen LogP contribution in [0.4, 0.5) is 0 Å². The van der Waals surface area contributed by atoms with Crippen LogP contribution in [0.5, 0.6) is 11.5 Å². The van der Waals surface area contributed by atoms with Gasteiger partial charge in [-0.1, -0.05) is 0 Å². The van der Waals surface area contributed by atoms with Gasteiger partial charge < -0.3 is 24.1 Å². The van der Waals surface area contributed by atoms with Gasteiger partial charge in [0.1, 0.15) is 12.7 Å². The van der Waals surface area contributed by atoms with Crippen molar-refractivity contribution < 1.29 is 28.8 Å². The van der Waals surface area contributed by atoms with Crippen LogP contribution >= 0.6 is 0 Å². The molecular weight excluding hydrogens is 326 g/mol. The SMILES string of the molecule is COC(=O)c1ccc(OCC(O)CN2CC(C)OC(C)C2)c(OC)c1. The average Bonchev–Trinajstić information content (AvgIpc) is 2.58. The Morgan fingerprint density at radius 2 is 1.96 bits per heavy atom. The van der Waals surface area contributed by atoms with Gasteiger partial charge in [-0.15, -0.1) is 0 Å². The number of benzene rings is 1. The fourth-order valence-corrected chi connectivity index (χ4v) is 3.00. The molecule has 1 aliphatic rings. The third-order valence-corrected chi connectivity index (χ3v) is 3.98. The zero-order chi connectivity index (χ0) is 18.4. The molecule has 1 aliphatic heterocycles. The van der Waals surface area contributed by atoms with E-state index in [1.165, 1.54) is 14.2 Å². The van der Waals surface area contributed by atoms with Crippen molar-refractivity contribution >= 4 is 5.97 Å². The van der Waals surface area contributed by atoms with E-state index in [1.807, 2.05) is 13.8 Å². The molecule has 1 N–H and O–H groups in total. The Bertz CT molecular complexity index is 569. The molecule has 7 nitrogen and oxygen atoms in total. The largest absolute Gasteiger partial charge is 0.493 e. The number of aliphatic hydroxyl groups is 1. The highest BCUT2D eigenvalue weighted by Crippen LogP contribution is 2.28. The summed E-state index contributed by atoms with van der Waals surface area (Å²) in [6.07, 6.45) is -0.326. The lowest BCUT2D eigenvalue weighted by Crippen LogP contribution is -2.48. The monoisotopic (exact) mass is 353 g/mol. The summed E-state index contributed by atoms with van der Waals surface area (Å²) in [4.78, 5) is 13.7. The van der Waals surface area contributed by atoms with E-state index in [-0.39, 0.29) is 18.8 Å². The number of morpholine rings is 1. The molecule has 7 heteroatoms. The first-order valence-electron chi connectivity index (χ1n) is 8.38. The van der Waals surface area contributed by atoms with E-state index in [1.54, 1.807) is 18.2 Å². The number of nitrogens with zero attached hydrogens (tertiary/aromatic N) is 1. The molecular formula is C18H27NO6. The summed E-state index contributed by atoms with van der Waals surface area (Å²) < 4.78 is 21.3. The summed E-state index contributed by atoms with van der Waals surface area (Å²) in [5.74, 6) is 0.446. The normalized spacial score (nSPS) is 22.3. The van der Waals surface area contributed by atoms with Crippen LogP contribution < -0.4 is 9.47 Å². The summed E-state index contributed by atoms with van der Waals surface area (Å²) in [5, 5.41) is 10.3. The van der Waals surface area contributed by atoms with E-state index in [9.17, 15) is 9.90 Å². The van der Waals surface area contributed by atoms with Crippen LogP contribution in [0.1, 0.15) is 24.2 Å². The Kier molecular flexibility index (Phi) is 7.04. The maximum absolute atomic E-state index is 11.6. The number of β-amino-alcohol motifs (C(OH)–C–C–N with tert-alkyl or cyclic N) is 1. The van der Waals surface area contributed by atoms with Gasteiger partial charge >= 0.3 is 5.97 Å². The Morgan fingerprint density at radius 1 is 1.28 bits per heavy atom. The molecule has 1 fully saturated rings. The highest BCUT2D eigenvalue weighted by molar-refractivity contribution is 5.90. The minimum Gasteiger partial charge on any atom is -0.493 e. The van der Waals surface area contributed by atoms with Crippen LogP contribution in [0.25, 0.3) is 0 Å². The predicted molar refractivity (Wildman–Crippen MR) is 92.3 cm³/mol. The molecule has 0 radical (unpaired) electrons. The van der Waals surface area contributed by atoms with Crippen molar-refractivity contribution in [3.8, 4) is 11.5 Å². The van der Waals surface area contributed by atoms with Crippen molar-refractivity contribution in [2.75, 3.05) is 40.5 Å². The van der Waals surface area contributed by atoms with Crippen molar-refractivity contribution in [1.82, 2.24) is 4.90 Å². The van der Waals surface area contributed by atoms with Gasteiger partial charge in [-0.3, -0.25) is 4.90 Å². The van der Waals surface area contributed by atoms with E-state index >= 15 is 0 Å². The fourth-order valence-electron chi connectivity index (χ4n) is 3.00. The second kappa shape index (κ2) is 9.03. The summed E-state index contributed by atoms with van der Waals surface area (Å²) in [6.45, 7) is 6.28. The van der Waals surface area contributed by atoms with Crippen LogP contribution in [-0.2, 0) is 9.47 Å². The Hall–Kier alpha value is -1.83. The number of carbonyl (C=O) groups is 1. The van der Waals surface area contributed by atoms with Crippen molar-refractivity contribution in [3.05, 3.63) is 23.8 Å². The van der Waals surface area contributed by atoms with Gasteiger partial charge in [0.25, 0.3) is 0 Å². The average molecular weight is 353 g/mol. The molecule has 25 heavy (non-hydrogen) atoms. The number of hydrogen-bond donors (Lipinski definition) is 1. The van der Waals surface area contributed by atoms with Crippen molar-refractivity contribution in [3.63, 3.8) is 0 Å². The number of hydrogen-bond acceptors (Lipinski definition) is 7. The molecule has 1 heterocycles. The molecule has 0 aliphatic carbocycles. The van der Waals surface area contributed by atoms with E-state index in [0.29, 0.717) is 23.6 Å². The molecule has 0 bridgehead atoms. The minimum absolute atomic E-state index is 0.133. The predicted octanol–water partition coefficient (Wildman–Crippen LogP) is 1.33. The number of carbonyl (C=O) groups excluding carboxylic acids is 1. The zero-order valence-electron chi connectivity index (χ0n) is 15.2. The lowest BCUT2D eigenvalue weighted by Gasteiger charge is -2.36. The standard InChI is InChI=1S/C18H27NO6/c1-12-8-19(9-13(2)25-12)10-15(20)11-24-16-6-5-14(18(21)23-4)7-17(16)22-3/h5-7,12-13,15,20H,8-11H2,1-4H3. The molecule has 0 spiro atoms. The van der Waals surface area contributed by atoms with Crippen molar-refractivity contribution in [1.29, 1.82) is 0 Å². The minimum atomic E-state index is -0.637. The number of methoxy groups -OCH3 is 2. The number of rotatable bonds is 7. The number of esters is 1. The first kappa shape index (κ1) is 19.5. The van der Waals surface area contributed by atoms with Gasteiger partial charge in [0.15, 0.2) is 11.5 Å². The molecule has 1 aromatic rings. The molecule has 0 saturated carbocycles. The first-order valence-corrected chi connectivity index (χ1v) is 8.38. The van der Waals surface area contributed by atoms with Crippen LogP contribution in [0, 0.1) is 0 Å². The summed E-state index contributed by atoms with van der Waals surface area (Å²) in [6, 6.07) is 4.79. The molecule has 3 unspecified atom stereocenters. The summed E-state index contributed by atoms with van der Waals surface area (Å²) in [7, 11) is 2.82. The van der Waals surface area contributed by atoms with E-state index in [4.69, 9.17) is 14.2 Å². The van der Waals surface area contributed by atoms with Gasteiger partial charge in [0, 0.05) is 19.6 Å². The molecule has 140 valence electrons. The lowest BCUT2D eigenvalue weighted by atomic mass is 10.2. The second-order valence-corrected chi connectivity index (χ2v) is 6.30. The molecule has 0 aromatic heterocycles. The third-order valence-electron chi connectivity index (χ3n) is 3.98. The quantitative estimate of drug-likeness (QED) is 0.741. The molecule has 2 rings (SSSR count). The maximum Gasteiger partial charge on any atom is 0.337 e. The summed E-state index contributed by atoms with van der Waals surface area (Å²) >= 11 is 0. The highest BCUT2D eigenvalue weighted by atomic mass is 16.5. The molecule has 1 aromatic carbocycles. The Labute approximate surface area is 148 Å². The Morgan fingerprint density at radius 3 is 2.56 bits per heavy atom. The first-order chi connectivity index (χ1) is 11.9. The van der Waals surface area contributed by atoms with E-state index in [0.717, 1.165) is 13.1 Å². The summed E-state index contributed by atoms with van der Waals surface area (Å²) in [5.41, 5.74) is 0.378. The maximum atomic E-state index is 11.6. The second-order valence-electron chi connectivity index (χ2n) is 6.30. The third kappa shape index (κ3) is 5.59. The molecule has 0 amide bonds. The topological polar surface area (TPSA) is 77.5 Å². The number of ether oxygens (including phenoxy) is 4. The highest BCUT2D eigenvalue weighted by Gasteiger charge is 2.24. The van der Waals surface area contributed by atoms with Gasteiger partial charge in [-0.2, -0.15) is 0 Å². The van der Waals surface area contributed by atoms with Crippen LogP contribution in [-0.4, -0.2) is 74.7 Å². The van der Waals surface area contributed by atoms with Gasteiger partial charge in [-0.25, -0.2) is 4.79 Å². The Balaban J connectivity index is 1.90. The van der Waals surface area contributed by atoms with Gasteiger partial charge in [-0.05, 0) is 32.0 Å². The molecule has 3 atom stereocenters. The van der Waals surface area contributed by atoms with Crippen molar-refractivity contribution in [2.24, 2.45) is 0 Å². The number of aliphatic hydroxyl groups excluding tert-OH is 1. The smallest absolute Gasteiger partial charge is 0.337 e. The molecule has 1 saturated heterocycles. The zero-order valence-corrected chi connectivity index (χ0v) is 15.2. The van der Waals surface area contributed by atoms with E-state index in [2.05, 4.69) is 9.64 Å². The van der Waals surface area contributed by atoms with Crippen LogP contribution in [0.2, 0.25) is 0 Å². The van der Waals surface area contributed by atoms with Gasteiger partial charge in [0.05, 0.1) is 32.0 Å².